The van der Waals surface area contributed by atoms with Crippen molar-refractivity contribution in [2.24, 2.45) is 0 Å². The van der Waals surface area contributed by atoms with Gasteiger partial charge in [0.2, 0.25) is 0 Å². The smallest absolute Gasteiger partial charge is 0.362 e. The molecule has 0 aliphatic heterocycles. The molecule has 6 heteroatoms. The fourth-order valence-electron chi connectivity index (χ4n) is 2.35. The van der Waals surface area contributed by atoms with Gasteiger partial charge in [-0.1, -0.05) is 12.1 Å². The van der Waals surface area contributed by atoms with E-state index in [0.29, 0.717) is 11.1 Å². The van der Waals surface area contributed by atoms with E-state index < -0.39 is 5.97 Å². The quantitative estimate of drug-likeness (QED) is 0.585. The van der Waals surface area contributed by atoms with Crippen molar-refractivity contribution in [2.75, 3.05) is 14.2 Å². The Morgan fingerprint density at radius 2 is 1.84 bits per heavy atom. The van der Waals surface area contributed by atoms with E-state index >= 15 is 0 Å². The molecule has 0 unspecified atom stereocenters. The van der Waals surface area contributed by atoms with Crippen molar-refractivity contribution in [3.8, 4) is 11.5 Å². The van der Waals surface area contributed by atoms with Gasteiger partial charge in [0.25, 0.3) is 5.91 Å². The summed E-state index contributed by atoms with van der Waals surface area (Å²) in [5.41, 5.74) is 1.25. The molecular formula is C19H16N2O4. The fourth-order valence-corrected chi connectivity index (χ4v) is 2.35. The topological polar surface area (TPSA) is 77.5 Å². The van der Waals surface area contributed by atoms with Crippen LogP contribution < -0.4 is 14.8 Å². The van der Waals surface area contributed by atoms with Crippen molar-refractivity contribution < 1.29 is 19.1 Å². The first kappa shape index (κ1) is 16.4. The number of nitrogens with one attached hydrogen (secondary N) is 1. The van der Waals surface area contributed by atoms with Crippen molar-refractivity contribution in [1.29, 1.82) is 0 Å². The molecule has 0 aliphatic rings. The zero-order valence-corrected chi connectivity index (χ0v) is 13.8. The molecule has 1 amide bonds. The highest BCUT2D eigenvalue weighted by atomic mass is 16.5. The Hall–Kier alpha value is -3.41. The number of carbonyl (C=O) groups excluding carboxylic acids is 2. The van der Waals surface area contributed by atoms with Crippen LogP contribution in [0.25, 0.3) is 10.9 Å². The van der Waals surface area contributed by atoms with Gasteiger partial charge in [0.05, 0.1) is 12.6 Å². The molecule has 1 heterocycles. The van der Waals surface area contributed by atoms with Crippen molar-refractivity contribution in [3.63, 3.8) is 0 Å². The molecule has 0 saturated carbocycles. The highest BCUT2D eigenvalue weighted by molar-refractivity contribution is 5.95. The first-order valence-electron chi connectivity index (χ1n) is 7.60. The number of rotatable bonds is 4. The van der Waals surface area contributed by atoms with Crippen molar-refractivity contribution >= 4 is 22.8 Å². The minimum Gasteiger partial charge on any atom is -0.497 e. The molecule has 1 N–H and O–H groups in total. The number of nitrogens with zero attached hydrogens (tertiary/aromatic N) is 1. The predicted octanol–water partition coefficient (Wildman–Crippen LogP) is 2.82. The second kappa shape index (κ2) is 7.00. The minimum atomic E-state index is -0.591. The van der Waals surface area contributed by atoms with Crippen molar-refractivity contribution in [3.05, 3.63) is 65.9 Å². The summed E-state index contributed by atoms with van der Waals surface area (Å²) in [5, 5.41) is 3.38. The number of esters is 1. The molecule has 0 saturated heterocycles. The molecule has 0 fully saturated rings. The van der Waals surface area contributed by atoms with Crippen LogP contribution in [0.5, 0.6) is 11.5 Å². The molecular weight excluding hydrogens is 320 g/mol. The van der Waals surface area contributed by atoms with Gasteiger partial charge >= 0.3 is 5.97 Å². The number of hydrogen-bond acceptors (Lipinski definition) is 5. The molecule has 6 nitrogen and oxygen atoms in total. The van der Waals surface area contributed by atoms with Crippen LogP contribution in [0.3, 0.4) is 0 Å². The van der Waals surface area contributed by atoms with Crippen LogP contribution >= 0.6 is 0 Å². The average molecular weight is 336 g/mol. The van der Waals surface area contributed by atoms with Gasteiger partial charge < -0.3 is 14.8 Å². The lowest BCUT2D eigenvalue weighted by Gasteiger charge is -2.07. The molecule has 0 atom stereocenters. The van der Waals surface area contributed by atoms with Gasteiger partial charge in [-0.3, -0.25) is 4.79 Å². The number of ether oxygens (including phenoxy) is 2. The van der Waals surface area contributed by atoms with Gasteiger partial charge in [-0.05, 0) is 42.5 Å². The van der Waals surface area contributed by atoms with E-state index in [-0.39, 0.29) is 17.4 Å². The van der Waals surface area contributed by atoms with Crippen LogP contribution in [0.1, 0.15) is 20.8 Å². The lowest BCUT2D eigenvalue weighted by atomic mass is 10.2. The van der Waals surface area contributed by atoms with Crippen LogP contribution in [0.4, 0.5) is 0 Å². The minimum absolute atomic E-state index is 0.183. The van der Waals surface area contributed by atoms with E-state index in [1.165, 1.54) is 13.1 Å². The van der Waals surface area contributed by atoms with Gasteiger partial charge in [-0.25, -0.2) is 9.78 Å². The van der Waals surface area contributed by atoms with Gasteiger partial charge in [0.15, 0.2) is 0 Å². The standard InChI is InChI=1S/C19H16N2O4/c1-20-18(22)13-4-3-5-15(11-13)25-19(23)17-8-6-12-10-14(24-2)7-9-16(12)21-17/h3-11H,1-2H3,(H,20,22). The number of aromatic nitrogens is 1. The highest BCUT2D eigenvalue weighted by Gasteiger charge is 2.13. The maximum Gasteiger partial charge on any atom is 0.362 e. The largest absolute Gasteiger partial charge is 0.497 e. The molecule has 0 spiro atoms. The highest BCUT2D eigenvalue weighted by Crippen LogP contribution is 2.20. The third-order valence-corrected chi connectivity index (χ3v) is 3.64. The SMILES string of the molecule is CNC(=O)c1cccc(OC(=O)c2ccc3cc(OC)ccc3n2)c1. The molecule has 126 valence electrons. The first-order valence-corrected chi connectivity index (χ1v) is 7.60. The van der Waals surface area contributed by atoms with E-state index in [1.54, 1.807) is 49.6 Å². The summed E-state index contributed by atoms with van der Waals surface area (Å²) in [6, 6.07) is 15.2. The number of fused-ring (bicyclic) bond motifs is 1. The zero-order valence-electron chi connectivity index (χ0n) is 13.8. The lowest BCUT2D eigenvalue weighted by Crippen LogP contribution is -2.18. The number of carbonyl (C=O) groups is 2. The van der Waals surface area contributed by atoms with Crippen LogP contribution in [0.2, 0.25) is 0 Å². The van der Waals surface area contributed by atoms with Gasteiger partial charge in [-0.15, -0.1) is 0 Å². The Labute approximate surface area is 144 Å². The van der Waals surface area contributed by atoms with Crippen molar-refractivity contribution in [2.45, 2.75) is 0 Å². The van der Waals surface area contributed by atoms with E-state index in [9.17, 15) is 9.59 Å². The Morgan fingerprint density at radius 1 is 1.00 bits per heavy atom. The summed E-state index contributed by atoms with van der Waals surface area (Å²) in [7, 11) is 3.13. The van der Waals surface area contributed by atoms with Crippen LogP contribution in [0.15, 0.2) is 54.6 Å². The number of benzene rings is 2. The maximum absolute atomic E-state index is 12.3. The molecule has 25 heavy (non-hydrogen) atoms. The lowest BCUT2D eigenvalue weighted by molar-refractivity contribution is 0.0727. The van der Waals surface area contributed by atoms with E-state index in [0.717, 1.165) is 11.1 Å². The Morgan fingerprint density at radius 3 is 2.60 bits per heavy atom. The Bertz CT molecular complexity index is 953. The molecule has 2 aromatic carbocycles. The molecule has 0 bridgehead atoms. The second-order valence-corrected chi connectivity index (χ2v) is 5.25. The number of hydrogen-bond donors (Lipinski definition) is 1. The number of pyridine rings is 1. The number of amides is 1. The zero-order chi connectivity index (χ0) is 17.8. The van der Waals surface area contributed by atoms with Crippen LogP contribution in [-0.4, -0.2) is 31.0 Å². The summed E-state index contributed by atoms with van der Waals surface area (Å²) < 4.78 is 10.5. The molecule has 0 radical (unpaired) electrons. The normalized spacial score (nSPS) is 10.3. The van der Waals surface area contributed by atoms with Crippen molar-refractivity contribution in [1.82, 2.24) is 10.3 Å². The summed E-state index contributed by atoms with van der Waals surface area (Å²) in [6.45, 7) is 0. The Balaban J connectivity index is 1.83. The monoisotopic (exact) mass is 336 g/mol. The maximum atomic E-state index is 12.3. The summed E-state index contributed by atoms with van der Waals surface area (Å²) in [4.78, 5) is 28.3. The molecule has 3 rings (SSSR count). The second-order valence-electron chi connectivity index (χ2n) is 5.25. The summed E-state index contributed by atoms with van der Waals surface area (Å²) in [5.74, 6) is 0.154. The third kappa shape index (κ3) is 3.58. The molecule has 3 aromatic rings. The average Bonchev–Trinajstić information content (AvgIpc) is 2.66. The van der Waals surface area contributed by atoms with Gasteiger partial charge in [0, 0.05) is 18.0 Å². The van der Waals surface area contributed by atoms with Gasteiger partial charge in [-0.2, -0.15) is 0 Å². The summed E-state index contributed by atoms with van der Waals surface area (Å²) in [6.07, 6.45) is 0. The number of methoxy groups -OCH3 is 1. The van der Waals surface area contributed by atoms with Crippen LogP contribution in [-0.2, 0) is 0 Å². The van der Waals surface area contributed by atoms with E-state index in [1.807, 2.05) is 6.07 Å². The van der Waals surface area contributed by atoms with Crippen LogP contribution in [0, 0.1) is 0 Å². The first-order chi connectivity index (χ1) is 12.1. The predicted molar refractivity (Wildman–Crippen MR) is 93.1 cm³/mol. The van der Waals surface area contributed by atoms with E-state index in [4.69, 9.17) is 9.47 Å². The Kier molecular flexibility index (Phi) is 4.61. The van der Waals surface area contributed by atoms with E-state index in [2.05, 4.69) is 10.3 Å². The summed E-state index contributed by atoms with van der Waals surface area (Å²) >= 11 is 0. The fraction of sp³-hybridized carbons (Fsp3) is 0.105. The molecule has 0 aliphatic carbocycles. The van der Waals surface area contributed by atoms with Gasteiger partial charge in [0.1, 0.15) is 17.2 Å². The molecule has 1 aromatic heterocycles. The third-order valence-electron chi connectivity index (χ3n) is 3.64.